The topological polar surface area (TPSA) is 84.2 Å². The van der Waals surface area contributed by atoms with Crippen LogP contribution in [0.5, 0.6) is 0 Å². The van der Waals surface area contributed by atoms with E-state index in [9.17, 15) is 9.59 Å². The molecule has 0 aliphatic carbocycles. The molecule has 0 aliphatic heterocycles. The van der Waals surface area contributed by atoms with Gasteiger partial charge in [0.15, 0.2) is 0 Å². The zero-order valence-electron chi connectivity index (χ0n) is 17.3. The number of rotatable bonds is 7. The van der Waals surface area contributed by atoms with Gasteiger partial charge in [-0.05, 0) is 35.7 Å². The molecule has 4 rings (SSSR count). The first kappa shape index (κ1) is 23.5. The van der Waals surface area contributed by atoms with Gasteiger partial charge in [-0.1, -0.05) is 72.3 Å². The van der Waals surface area contributed by atoms with E-state index < -0.39 is 10.9 Å². The van der Waals surface area contributed by atoms with E-state index in [1.54, 1.807) is 6.07 Å². The maximum absolute atomic E-state index is 11.7. The van der Waals surface area contributed by atoms with E-state index in [0.29, 0.717) is 16.4 Å². The summed E-state index contributed by atoms with van der Waals surface area (Å²) < 4.78 is 0. The molecule has 4 aromatic carbocycles. The predicted octanol–water partition coefficient (Wildman–Crippen LogP) is 5.12. The zero-order valence-corrected chi connectivity index (χ0v) is 18.9. The largest absolute Gasteiger partial charge is 0.397 e. The highest BCUT2D eigenvalue weighted by Gasteiger charge is 2.22. The molecule has 5 nitrogen and oxygen atoms in total. The summed E-state index contributed by atoms with van der Waals surface area (Å²) in [5.74, 6) is 0. The molecule has 0 bridgehead atoms. The van der Waals surface area contributed by atoms with Crippen molar-refractivity contribution in [2.24, 2.45) is 0 Å². The van der Waals surface area contributed by atoms with E-state index in [4.69, 9.17) is 17.3 Å². The molecule has 4 aromatic rings. The normalized spacial score (nSPS) is 12.7. The van der Waals surface area contributed by atoms with Crippen LogP contribution in [0.2, 0.25) is 5.02 Å². The maximum atomic E-state index is 11.7. The van der Waals surface area contributed by atoms with Gasteiger partial charge in [0.25, 0.3) is 0 Å². The fraction of sp³-hybridized carbons (Fsp3) is 0.120. The summed E-state index contributed by atoms with van der Waals surface area (Å²) in [5.41, 5.74) is 9.33. The van der Waals surface area contributed by atoms with Crippen LogP contribution in [0.1, 0.15) is 35.7 Å². The Balaban J connectivity index is 0.00000289. The monoisotopic (exact) mass is 467 g/mol. The van der Waals surface area contributed by atoms with Crippen molar-refractivity contribution in [2.75, 3.05) is 11.1 Å². The second kappa shape index (κ2) is 10.0. The first-order chi connectivity index (χ1) is 14.9. The van der Waals surface area contributed by atoms with Gasteiger partial charge in [-0.2, -0.15) is 0 Å². The quantitative estimate of drug-likeness (QED) is 0.259. The fourth-order valence-electron chi connectivity index (χ4n) is 3.62. The molecule has 0 radical (unpaired) electrons. The van der Waals surface area contributed by atoms with Gasteiger partial charge in [-0.15, -0.1) is 12.4 Å². The average molecular weight is 468 g/mol. The van der Waals surface area contributed by atoms with Gasteiger partial charge in [0.05, 0.1) is 22.4 Å². The number of nitrogens with two attached hydrogens (primary N) is 1. The molecule has 0 saturated heterocycles. The van der Waals surface area contributed by atoms with E-state index in [1.807, 2.05) is 54.6 Å². The standard InChI is InChI=1S/C25H22ClN3O2.ClH/c1-15(16-8-4-2-5-9-16)28-24(17-10-6-3-7-11-17)19-12-18(13-20(27)23(19)26)29-21-14-22(30)25(21)31;/h2-15,24,28-29H,27H2,1H3;1H/t15-,24?;/m0./s1. The summed E-state index contributed by atoms with van der Waals surface area (Å²) in [6, 6.07) is 24.7. The molecule has 0 aromatic heterocycles. The fourth-order valence-corrected chi connectivity index (χ4v) is 3.84. The Kier molecular flexibility index (Phi) is 7.36. The van der Waals surface area contributed by atoms with Crippen LogP contribution in [0.25, 0.3) is 0 Å². The summed E-state index contributed by atoms with van der Waals surface area (Å²) in [5, 5.41) is 7.08. The Morgan fingerprint density at radius 1 is 0.875 bits per heavy atom. The van der Waals surface area contributed by atoms with Gasteiger partial charge in [-0.3, -0.25) is 14.9 Å². The van der Waals surface area contributed by atoms with Crippen molar-refractivity contribution in [1.29, 1.82) is 0 Å². The lowest BCUT2D eigenvalue weighted by atomic mass is 9.95. The number of hydrogen-bond donors (Lipinski definition) is 3. The Bertz CT molecular complexity index is 1270. The highest BCUT2D eigenvalue weighted by molar-refractivity contribution is 6.34. The minimum atomic E-state index is -0.537. The van der Waals surface area contributed by atoms with Crippen LogP contribution in [-0.4, -0.2) is 0 Å². The van der Waals surface area contributed by atoms with Gasteiger partial charge < -0.3 is 11.1 Å². The summed E-state index contributed by atoms with van der Waals surface area (Å²) >= 11 is 6.65. The van der Waals surface area contributed by atoms with Crippen LogP contribution in [0.15, 0.2) is 88.5 Å². The summed E-state index contributed by atoms with van der Waals surface area (Å²) in [6.45, 7) is 2.09. The van der Waals surface area contributed by atoms with Gasteiger partial charge in [-0.25, -0.2) is 0 Å². The smallest absolute Gasteiger partial charge is 0.249 e. The molecule has 0 fully saturated rings. The summed E-state index contributed by atoms with van der Waals surface area (Å²) in [4.78, 5) is 23.0. The van der Waals surface area contributed by atoms with E-state index in [1.165, 1.54) is 6.07 Å². The van der Waals surface area contributed by atoms with Crippen molar-refractivity contribution < 1.29 is 0 Å². The number of anilines is 3. The van der Waals surface area contributed by atoms with Crippen LogP contribution in [-0.2, 0) is 0 Å². The van der Waals surface area contributed by atoms with E-state index in [-0.39, 0.29) is 30.2 Å². The van der Waals surface area contributed by atoms with Crippen LogP contribution in [0.3, 0.4) is 0 Å². The minimum Gasteiger partial charge on any atom is -0.397 e. The second-order valence-electron chi connectivity index (χ2n) is 7.49. The van der Waals surface area contributed by atoms with Crippen LogP contribution < -0.4 is 27.2 Å². The highest BCUT2D eigenvalue weighted by Crippen LogP contribution is 2.37. The van der Waals surface area contributed by atoms with Gasteiger partial charge in [0, 0.05) is 17.8 Å². The number of hydrogen-bond acceptors (Lipinski definition) is 5. The third-order valence-electron chi connectivity index (χ3n) is 5.31. The number of benzene rings is 3. The average Bonchev–Trinajstić information content (AvgIpc) is 2.80. The molecule has 0 amide bonds. The molecule has 7 heteroatoms. The molecule has 2 atom stereocenters. The number of nitrogens with one attached hydrogen (secondary N) is 2. The molecular formula is C25H23Cl2N3O2. The van der Waals surface area contributed by atoms with Crippen molar-refractivity contribution in [1.82, 2.24) is 5.32 Å². The molecule has 0 saturated carbocycles. The molecule has 32 heavy (non-hydrogen) atoms. The molecular weight excluding hydrogens is 445 g/mol. The van der Waals surface area contributed by atoms with Crippen molar-refractivity contribution in [3.63, 3.8) is 0 Å². The van der Waals surface area contributed by atoms with Crippen molar-refractivity contribution in [2.45, 2.75) is 19.0 Å². The lowest BCUT2D eigenvalue weighted by Gasteiger charge is -2.26. The van der Waals surface area contributed by atoms with Crippen LogP contribution in [0.4, 0.5) is 17.1 Å². The lowest BCUT2D eigenvalue weighted by Crippen LogP contribution is -2.31. The first-order valence-corrected chi connectivity index (χ1v) is 10.3. The lowest BCUT2D eigenvalue weighted by molar-refractivity contribution is 0.517. The van der Waals surface area contributed by atoms with Gasteiger partial charge in [0.2, 0.25) is 10.9 Å². The Morgan fingerprint density at radius 2 is 1.47 bits per heavy atom. The number of nitrogen functional groups attached to an aromatic ring is 1. The third kappa shape index (κ3) is 4.86. The van der Waals surface area contributed by atoms with Gasteiger partial charge >= 0.3 is 0 Å². The minimum absolute atomic E-state index is 0. The predicted molar refractivity (Wildman–Crippen MR) is 134 cm³/mol. The van der Waals surface area contributed by atoms with E-state index in [2.05, 4.69) is 29.7 Å². The highest BCUT2D eigenvalue weighted by atomic mass is 35.5. The Morgan fingerprint density at radius 3 is 2.03 bits per heavy atom. The summed E-state index contributed by atoms with van der Waals surface area (Å²) in [6.07, 6.45) is 0. The van der Waals surface area contributed by atoms with Crippen molar-refractivity contribution in [3.05, 3.63) is 121 Å². The molecule has 0 heterocycles. The Labute approximate surface area is 197 Å². The summed E-state index contributed by atoms with van der Waals surface area (Å²) in [7, 11) is 0. The molecule has 0 aliphatic rings. The zero-order chi connectivity index (χ0) is 22.0. The maximum Gasteiger partial charge on any atom is 0.249 e. The molecule has 0 spiro atoms. The van der Waals surface area contributed by atoms with Crippen LogP contribution >= 0.6 is 24.0 Å². The van der Waals surface area contributed by atoms with E-state index in [0.717, 1.165) is 16.7 Å². The molecule has 4 N–H and O–H groups in total. The first-order valence-electron chi connectivity index (χ1n) is 9.96. The van der Waals surface area contributed by atoms with E-state index >= 15 is 0 Å². The van der Waals surface area contributed by atoms with Gasteiger partial charge in [0.1, 0.15) is 0 Å². The SMILES string of the molecule is C[C@H](NC(c1ccccc1)c1cc(Nc2cc(=O)c2=O)cc(N)c1Cl)c1ccccc1.Cl. The second-order valence-corrected chi connectivity index (χ2v) is 7.87. The molecule has 164 valence electrons. The van der Waals surface area contributed by atoms with Crippen LogP contribution in [0, 0.1) is 0 Å². The molecule has 1 unspecified atom stereocenters. The third-order valence-corrected chi connectivity index (χ3v) is 5.75. The number of halogens is 2. The van der Waals surface area contributed by atoms with Crippen molar-refractivity contribution in [3.8, 4) is 0 Å². The Hall–Kier alpha value is -3.12. The van der Waals surface area contributed by atoms with Crippen molar-refractivity contribution >= 4 is 41.1 Å².